The molecular formula is C11H14N2O. The first-order valence-electron chi connectivity index (χ1n) is 4.86. The summed E-state index contributed by atoms with van der Waals surface area (Å²) in [6.07, 6.45) is 0. The molecule has 0 bridgehead atoms. The third-order valence-corrected chi connectivity index (χ3v) is 2.41. The van der Waals surface area contributed by atoms with Gasteiger partial charge in [-0.2, -0.15) is 0 Å². The monoisotopic (exact) mass is 190 g/mol. The molecule has 0 aromatic heterocycles. The number of nitrogens with one attached hydrogen (secondary N) is 2. The first-order chi connectivity index (χ1) is 6.77. The Hall–Kier alpha value is -1.35. The number of benzene rings is 1. The van der Waals surface area contributed by atoms with Gasteiger partial charge in [-0.15, -0.1) is 0 Å². The fourth-order valence-electron chi connectivity index (χ4n) is 1.68. The normalized spacial score (nSPS) is 27.1. The van der Waals surface area contributed by atoms with Gasteiger partial charge in [0.15, 0.2) is 0 Å². The molecule has 2 rings (SSSR count). The van der Waals surface area contributed by atoms with Crippen molar-refractivity contribution in [3.8, 4) is 0 Å². The summed E-state index contributed by atoms with van der Waals surface area (Å²) < 4.78 is 0. The van der Waals surface area contributed by atoms with E-state index in [0.717, 1.165) is 12.1 Å². The molecule has 1 saturated heterocycles. The van der Waals surface area contributed by atoms with E-state index in [-0.39, 0.29) is 18.0 Å². The number of carbonyl (C=O) groups excluding carboxylic acids is 1. The highest BCUT2D eigenvalue weighted by atomic mass is 16.2. The second-order valence-electron chi connectivity index (χ2n) is 3.66. The Kier molecular flexibility index (Phi) is 2.50. The average molecular weight is 190 g/mol. The third kappa shape index (κ3) is 1.77. The van der Waals surface area contributed by atoms with Crippen molar-refractivity contribution in [3.63, 3.8) is 0 Å². The largest absolute Gasteiger partial charge is 0.351 e. The summed E-state index contributed by atoms with van der Waals surface area (Å²) in [7, 11) is 0. The van der Waals surface area contributed by atoms with E-state index < -0.39 is 0 Å². The van der Waals surface area contributed by atoms with Crippen LogP contribution in [0.1, 0.15) is 18.5 Å². The molecule has 1 aliphatic rings. The lowest BCUT2D eigenvalue weighted by Crippen LogP contribution is -2.52. The zero-order chi connectivity index (χ0) is 9.97. The van der Waals surface area contributed by atoms with Crippen LogP contribution in [0, 0.1) is 0 Å². The predicted octanol–water partition coefficient (Wildman–Crippen LogP) is 0.836. The van der Waals surface area contributed by atoms with Crippen LogP contribution in [0.25, 0.3) is 0 Å². The van der Waals surface area contributed by atoms with Gasteiger partial charge in [-0.3, -0.25) is 4.79 Å². The summed E-state index contributed by atoms with van der Waals surface area (Å²) >= 11 is 0. The van der Waals surface area contributed by atoms with Crippen LogP contribution in [0.4, 0.5) is 0 Å². The molecule has 0 radical (unpaired) electrons. The molecule has 0 saturated carbocycles. The van der Waals surface area contributed by atoms with Crippen LogP contribution in [0.5, 0.6) is 0 Å². The molecule has 0 aliphatic carbocycles. The van der Waals surface area contributed by atoms with Gasteiger partial charge in [-0.05, 0) is 12.5 Å². The van der Waals surface area contributed by atoms with E-state index in [1.54, 1.807) is 0 Å². The maximum Gasteiger partial charge on any atom is 0.241 e. The number of carbonyl (C=O) groups is 1. The summed E-state index contributed by atoms with van der Waals surface area (Å²) in [6, 6.07) is 9.81. The van der Waals surface area contributed by atoms with Crippen molar-refractivity contribution < 1.29 is 4.79 Å². The maximum atomic E-state index is 11.6. The number of piperazine rings is 1. The second-order valence-corrected chi connectivity index (χ2v) is 3.66. The van der Waals surface area contributed by atoms with E-state index in [0.29, 0.717) is 0 Å². The maximum absolute atomic E-state index is 11.6. The van der Waals surface area contributed by atoms with Crippen LogP contribution in [0.2, 0.25) is 0 Å². The molecule has 0 unspecified atom stereocenters. The molecule has 1 aromatic rings. The van der Waals surface area contributed by atoms with Gasteiger partial charge < -0.3 is 10.6 Å². The van der Waals surface area contributed by atoms with Crippen LogP contribution in [0.3, 0.4) is 0 Å². The van der Waals surface area contributed by atoms with E-state index in [9.17, 15) is 4.79 Å². The van der Waals surface area contributed by atoms with Gasteiger partial charge in [-0.25, -0.2) is 0 Å². The Morgan fingerprint density at radius 3 is 2.64 bits per heavy atom. The summed E-state index contributed by atoms with van der Waals surface area (Å²) in [5, 5.41) is 6.15. The highest BCUT2D eigenvalue weighted by Gasteiger charge is 2.25. The van der Waals surface area contributed by atoms with Crippen molar-refractivity contribution in [2.45, 2.75) is 19.0 Å². The lowest BCUT2D eigenvalue weighted by atomic mass is 10.0. The first kappa shape index (κ1) is 9.21. The van der Waals surface area contributed by atoms with Gasteiger partial charge in [0.05, 0.1) is 0 Å². The molecule has 3 heteroatoms. The first-order valence-corrected chi connectivity index (χ1v) is 4.86. The number of hydrogen-bond acceptors (Lipinski definition) is 2. The van der Waals surface area contributed by atoms with Crippen LogP contribution >= 0.6 is 0 Å². The van der Waals surface area contributed by atoms with Gasteiger partial charge in [0, 0.05) is 12.6 Å². The van der Waals surface area contributed by atoms with Crippen LogP contribution in [0.15, 0.2) is 30.3 Å². The smallest absolute Gasteiger partial charge is 0.241 e. The van der Waals surface area contributed by atoms with E-state index in [2.05, 4.69) is 10.6 Å². The van der Waals surface area contributed by atoms with E-state index in [1.165, 1.54) is 0 Å². The fourth-order valence-corrected chi connectivity index (χ4v) is 1.68. The summed E-state index contributed by atoms with van der Waals surface area (Å²) in [5.74, 6) is 0.0648. The Labute approximate surface area is 83.5 Å². The molecule has 1 aliphatic heterocycles. The van der Waals surface area contributed by atoms with Gasteiger partial charge in [0.25, 0.3) is 0 Å². The zero-order valence-electron chi connectivity index (χ0n) is 8.16. The quantitative estimate of drug-likeness (QED) is 0.689. The van der Waals surface area contributed by atoms with Crippen molar-refractivity contribution in [2.24, 2.45) is 0 Å². The Balaban J connectivity index is 2.16. The predicted molar refractivity (Wildman–Crippen MR) is 54.8 cm³/mol. The fraction of sp³-hybridized carbons (Fsp3) is 0.364. The molecule has 1 amide bonds. The summed E-state index contributed by atoms with van der Waals surface area (Å²) in [6.45, 7) is 2.82. The highest BCUT2D eigenvalue weighted by molar-refractivity contribution is 5.84. The Morgan fingerprint density at radius 2 is 2.00 bits per heavy atom. The molecule has 14 heavy (non-hydrogen) atoms. The molecule has 2 atom stereocenters. The van der Waals surface area contributed by atoms with Crippen LogP contribution < -0.4 is 10.6 Å². The number of rotatable bonds is 1. The Morgan fingerprint density at radius 1 is 1.29 bits per heavy atom. The summed E-state index contributed by atoms with van der Waals surface area (Å²) in [4.78, 5) is 11.6. The molecule has 74 valence electrons. The van der Waals surface area contributed by atoms with E-state index in [4.69, 9.17) is 0 Å². The van der Waals surface area contributed by atoms with Gasteiger partial charge in [0.2, 0.25) is 5.91 Å². The van der Waals surface area contributed by atoms with Crippen molar-refractivity contribution in [2.75, 3.05) is 6.54 Å². The van der Waals surface area contributed by atoms with E-state index >= 15 is 0 Å². The molecule has 0 spiro atoms. The third-order valence-electron chi connectivity index (χ3n) is 2.41. The lowest BCUT2D eigenvalue weighted by molar-refractivity contribution is -0.125. The van der Waals surface area contributed by atoms with E-state index in [1.807, 2.05) is 37.3 Å². The van der Waals surface area contributed by atoms with Gasteiger partial charge in [-0.1, -0.05) is 30.3 Å². The molecule has 3 nitrogen and oxygen atoms in total. The molecular weight excluding hydrogens is 176 g/mol. The van der Waals surface area contributed by atoms with Crippen molar-refractivity contribution in [3.05, 3.63) is 35.9 Å². The second kappa shape index (κ2) is 3.80. The zero-order valence-corrected chi connectivity index (χ0v) is 8.16. The number of hydrogen-bond donors (Lipinski definition) is 2. The summed E-state index contributed by atoms with van der Waals surface area (Å²) in [5.41, 5.74) is 1.02. The minimum absolute atomic E-state index is 0.0648. The lowest BCUT2D eigenvalue weighted by Gasteiger charge is -2.28. The van der Waals surface area contributed by atoms with Crippen molar-refractivity contribution in [1.82, 2.24) is 10.6 Å². The van der Waals surface area contributed by atoms with Crippen LogP contribution in [-0.4, -0.2) is 18.5 Å². The van der Waals surface area contributed by atoms with Crippen molar-refractivity contribution in [1.29, 1.82) is 0 Å². The minimum atomic E-state index is -0.188. The topological polar surface area (TPSA) is 41.1 Å². The Bertz CT molecular complexity index is 323. The minimum Gasteiger partial charge on any atom is -0.351 e. The van der Waals surface area contributed by atoms with Crippen molar-refractivity contribution >= 4 is 5.91 Å². The number of amides is 1. The van der Waals surface area contributed by atoms with Gasteiger partial charge in [0.1, 0.15) is 6.04 Å². The SMILES string of the molecule is C[C@@H]1CN[C@H](c2ccccc2)C(=O)N1. The molecule has 2 N–H and O–H groups in total. The standard InChI is InChI=1S/C11H14N2O/c1-8-7-12-10(11(14)13-8)9-5-3-2-4-6-9/h2-6,8,10,12H,7H2,1H3,(H,13,14)/t8-,10-/m1/s1. The van der Waals surface area contributed by atoms with Gasteiger partial charge >= 0.3 is 0 Å². The molecule has 1 fully saturated rings. The average Bonchev–Trinajstić information content (AvgIpc) is 2.19. The van der Waals surface area contributed by atoms with Crippen LogP contribution in [-0.2, 0) is 4.79 Å². The highest BCUT2D eigenvalue weighted by Crippen LogP contribution is 2.14. The molecule has 1 heterocycles. The molecule has 1 aromatic carbocycles.